The van der Waals surface area contributed by atoms with E-state index in [-0.39, 0.29) is 29.0 Å². The van der Waals surface area contributed by atoms with Crippen molar-refractivity contribution in [2.75, 3.05) is 13.7 Å². The van der Waals surface area contributed by atoms with E-state index >= 15 is 0 Å². The smallest absolute Gasteiger partial charge is 0.276 e. The number of pyridine rings is 1. The van der Waals surface area contributed by atoms with Gasteiger partial charge < -0.3 is 24.3 Å². The number of nitrogens with zero attached hydrogens (tertiary/aromatic N) is 2. The molecule has 1 N–H and O–H groups in total. The highest BCUT2D eigenvalue weighted by atomic mass is 16.5. The van der Waals surface area contributed by atoms with Crippen LogP contribution in [0.3, 0.4) is 0 Å². The zero-order valence-corrected chi connectivity index (χ0v) is 15.7. The van der Waals surface area contributed by atoms with Gasteiger partial charge in [0, 0.05) is 12.7 Å². The second-order valence-electron chi connectivity index (χ2n) is 6.92. The van der Waals surface area contributed by atoms with Crippen LogP contribution in [0.5, 0.6) is 5.75 Å². The Hall–Kier alpha value is -3.13. The van der Waals surface area contributed by atoms with Crippen molar-refractivity contribution in [1.29, 1.82) is 0 Å². The minimum absolute atomic E-state index is 0.0659. The Morgan fingerprint density at radius 2 is 2.04 bits per heavy atom. The van der Waals surface area contributed by atoms with Crippen molar-refractivity contribution in [1.82, 2.24) is 14.8 Å². The number of hydrogen-bond acceptors (Lipinski definition) is 5. The highest BCUT2D eigenvalue weighted by Crippen LogP contribution is 2.29. The highest BCUT2D eigenvalue weighted by molar-refractivity contribution is 5.99. The Morgan fingerprint density at radius 1 is 1.29 bits per heavy atom. The number of amides is 2. The third-order valence-corrected chi connectivity index (χ3v) is 5.09. The van der Waals surface area contributed by atoms with Crippen molar-refractivity contribution in [2.45, 2.75) is 32.3 Å². The molecule has 146 valence electrons. The molecule has 1 aromatic heterocycles. The van der Waals surface area contributed by atoms with Crippen molar-refractivity contribution < 1.29 is 19.1 Å². The Morgan fingerprint density at radius 3 is 2.75 bits per heavy atom. The van der Waals surface area contributed by atoms with Crippen molar-refractivity contribution in [2.24, 2.45) is 0 Å². The molecule has 3 heterocycles. The van der Waals surface area contributed by atoms with Gasteiger partial charge in [-0.3, -0.25) is 14.4 Å². The molecule has 2 aliphatic heterocycles. The zero-order valence-electron chi connectivity index (χ0n) is 15.7. The molecule has 2 aliphatic rings. The number of benzene rings is 1. The summed E-state index contributed by atoms with van der Waals surface area (Å²) in [5.41, 5.74) is 0.406. The normalized spacial score (nSPS) is 20.5. The van der Waals surface area contributed by atoms with E-state index in [0.717, 1.165) is 5.56 Å². The van der Waals surface area contributed by atoms with Gasteiger partial charge in [-0.15, -0.1) is 0 Å². The summed E-state index contributed by atoms with van der Waals surface area (Å²) in [6.45, 7) is 2.95. The first kappa shape index (κ1) is 18.2. The fourth-order valence-electron chi connectivity index (χ4n) is 3.68. The lowest BCUT2D eigenvalue weighted by Gasteiger charge is -2.34. The van der Waals surface area contributed by atoms with Gasteiger partial charge in [0.2, 0.25) is 5.43 Å². The molecule has 2 aromatic rings. The predicted octanol–water partition coefficient (Wildman–Crippen LogP) is 0.987. The van der Waals surface area contributed by atoms with Crippen LogP contribution in [0.15, 0.2) is 41.3 Å². The average Bonchev–Trinajstić information content (AvgIpc) is 3.08. The van der Waals surface area contributed by atoms with Crippen molar-refractivity contribution in [3.05, 3.63) is 63.6 Å². The summed E-state index contributed by atoms with van der Waals surface area (Å²) in [7, 11) is 1.33. The topological polar surface area (TPSA) is 89.9 Å². The third kappa shape index (κ3) is 2.95. The van der Waals surface area contributed by atoms with Gasteiger partial charge in [-0.25, -0.2) is 0 Å². The first-order chi connectivity index (χ1) is 13.5. The minimum Gasteiger partial charge on any atom is -0.491 e. The van der Waals surface area contributed by atoms with E-state index in [9.17, 15) is 14.4 Å². The quantitative estimate of drug-likeness (QED) is 0.850. The fraction of sp³-hybridized carbons (Fsp3) is 0.350. The number of methoxy groups -OCH3 is 1. The summed E-state index contributed by atoms with van der Waals surface area (Å²) in [6.07, 6.45) is 1.00. The molecule has 0 aliphatic carbocycles. The molecule has 0 spiro atoms. The lowest BCUT2D eigenvalue weighted by Crippen LogP contribution is -2.49. The van der Waals surface area contributed by atoms with Gasteiger partial charge in [0.25, 0.3) is 11.8 Å². The fourth-order valence-corrected chi connectivity index (χ4v) is 3.68. The molecule has 2 atom stereocenters. The van der Waals surface area contributed by atoms with Gasteiger partial charge in [-0.1, -0.05) is 30.3 Å². The molecule has 4 rings (SSSR count). The monoisotopic (exact) mass is 383 g/mol. The summed E-state index contributed by atoms with van der Waals surface area (Å²) in [6, 6.07) is 9.31. The van der Waals surface area contributed by atoms with Crippen LogP contribution in [0, 0.1) is 0 Å². The molecule has 8 heteroatoms. The zero-order chi connectivity index (χ0) is 19.8. The number of carbonyl (C=O) groups is 2. The van der Waals surface area contributed by atoms with E-state index in [4.69, 9.17) is 9.47 Å². The van der Waals surface area contributed by atoms with Crippen LogP contribution in [-0.2, 0) is 17.8 Å². The summed E-state index contributed by atoms with van der Waals surface area (Å²) in [5, 5.41) is 2.74. The minimum atomic E-state index is -0.598. The summed E-state index contributed by atoms with van der Waals surface area (Å²) >= 11 is 0. The summed E-state index contributed by atoms with van der Waals surface area (Å²) in [4.78, 5) is 40.0. The lowest BCUT2D eigenvalue weighted by molar-refractivity contribution is 0.00621. The molecule has 1 aromatic carbocycles. The molecule has 1 fully saturated rings. The summed E-state index contributed by atoms with van der Waals surface area (Å²) < 4.78 is 12.5. The van der Waals surface area contributed by atoms with E-state index in [0.29, 0.717) is 19.7 Å². The number of ether oxygens (including phenoxy) is 2. The van der Waals surface area contributed by atoms with Crippen molar-refractivity contribution >= 4 is 11.8 Å². The van der Waals surface area contributed by atoms with Crippen molar-refractivity contribution in [3.8, 4) is 5.75 Å². The molecule has 8 nitrogen and oxygen atoms in total. The Bertz CT molecular complexity index is 985. The Kier molecular flexibility index (Phi) is 4.64. The molecule has 0 bridgehead atoms. The van der Waals surface area contributed by atoms with Crippen molar-refractivity contribution in [3.63, 3.8) is 0 Å². The molecule has 0 unspecified atom stereocenters. The summed E-state index contributed by atoms with van der Waals surface area (Å²) in [5.74, 6) is -0.959. The van der Waals surface area contributed by atoms with Crippen LogP contribution >= 0.6 is 0 Å². The van der Waals surface area contributed by atoms with Crippen LogP contribution in [0.1, 0.15) is 33.3 Å². The van der Waals surface area contributed by atoms with Gasteiger partial charge in [0.15, 0.2) is 17.7 Å². The number of aromatic nitrogens is 1. The maximum absolute atomic E-state index is 12.9. The average molecular weight is 383 g/mol. The molecule has 0 radical (unpaired) electrons. The number of rotatable bonds is 4. The number of hydrogen-bond donors (Lipinski definition) is 1. The Labute approximate surface area is 161 Å². The van der Waals surface area contributed by atoms with E-state index in [2.05, 4.69) is 5.32 Å². The van der Waals surface area contributed by atoms with Gasteiger partial charge in [0.1, 0.15) is 5.56 Å². The molecule has 0 saturated carbocycles. The van der Waals surface area contributed by atoms with E-state index < -0.39 is 17.6 Å². The van der Waals surface area contributed by atoms with E-state index in [1.54, 1.807) is 9.47 Å². The highest BCUT2D eigenvalue weighted by Gasteiger charge is 2.43. The van der Waals surface area contributed by atoms with Crippen LogP contribution in [-0.4, -0.2) is 47.3 Å². The predicted molar refractivity (Wildman–Crippen MR) is 100 cm³/mol. The second-order valence-corrected chi connectivity index (χ2v) is 6.92. The van der Waals surface area contributed by atoms with E-state index in [1.807, 2.05) is 37.3 Å². The number of nitrogens with one attached hydrogen (secondary N) is 1. The van der Waals surface area contributed by atoms with Crippen LogP contribution < -0.4 is 15.5 Å². The van der Waals surface area contributed by atoms with Gasteiger partial charge in [-0.2, -0.15) is 0 Å². The first-order valence-electron chi connectivity index (χ1n) is 9.09. The standard InChI is InChI=1S/C20H21N3O5/c1-12-11-28-15-10-22-9-14(19(25)21-8-13-6-4-3-5-7-13)17(24)18(27-2)16(22)20(26)23(12)15/h3-7,9,12,15H,8,10-11H2,1-2H3,(H,21,25)/t12-,15+/m0/s1. The SMILES string of the molecule is COc1c2n(cc(C(=O)NCc3ccccc3)c1=O)C[C@H]1OC[C@H](C)N1C2=O. The van der Waals surface area contributed by atoms with Crippen LogP contribution in [0.2, 0.25) is 0 Å². The van der Waals surface area contributed by atoms with Gasteiger partial charge >= 0.3 is 0 Å². The maximum atomic E-state index is 12.9. The number of carbonyl (C=O) groups excluding carboxylic acids is 2. The second kappa shape index (κ2) is 7.12. The van der Waals surface area contributed by atoms with Gasteiger partial charge in [-0.05, 0) is 12.5 Å². The molecular weight excluding hydrogens is 362 g/mol. The molecule has 28 heavy (non-hydrogen) atoms. The Balaban J connectivity index is 1.68. The maximum Gasteiger partial charge on any atom is 0.276 e. The van der Waals surface area contributed by atoms with E-state index in [1.165, 1.54) is 13.3 Å². The number of fused-ring (bicyclic) bond motifs is 2. The van der Waals surface area contributed by atoms with Crippen LogP contribution in [0.25, 0.3) is 0 Å². The molecular formula is C20H21N3O5. The molecule has 1 saturated heterocycles. The lowest BCUT2D eigenvalue weighted by atomic mass is 10.1. The van der Waals surface area contributed by atoms with Gasteiger partial charge in [0.05, 0.1) is 26.3 Å². The van der Waals surface area contributed by atoms with Crippen LogP contribution in [0.4, 0.5) is 0 Å². The first-order valence-corrected chi connectivity index (χ1v) is 9.09. The third-order valence-electron chi connectivity index (χ3n) is 5.09. The molecule has 2 amide bonds. The largest absolute Gasteiger partial charge is 0.491 e.